The van der Waals surface area contributed by atoms with Gasteiger partial charge in [-0.05, 0) is 95.6 Å². The van der Waals surface area contributed by atoms with E-state index in [1.165, 1.54) is 85.6 Å². The van der Waals surface area contributed by atoms with Gasteiger partial charge in [-0.3, -0.25) is 47.9 Å². The Morgan fingerprint density at radius 2 is 1.15 bits per heavy atom. The van der Waals surface area contributed by atoms with E-state index < -0.39 is 127 Å². The highest BCUT2D eigenvalue weighted by molar-refractivity contribution is 5.99. The summed E-state index contributed by atoms with van der Waals surface area (Å²) in [7, 11) is 0. The van der Waals surface area contributed by atoms with Crippen LogP contribution in [0.3, 0.4) is 0 Å². The second-order valence-electron chi connectivity index (χ2n) is 21.1. The van der Waals surface area contributed by atoms with Crippen LogP contribution in [-0.2, 0) is 86.6 Å². The first-order valence-corrected chi connectivity index (χ1v) is 27.7. The molecule has 0 fully saturated rings. The number of carbonyl (C=O) groups is 10. The summed E-state index contributed by atoms with van der Waals surface area (Å²) in [6.45, 7) is -0.550. The number of nitrogens with two attached hydrogens (primary N) is 1. The van der Waals surface area contributed by atoms with Gasteiger partial charge in [0.15, 0.2) is 5.78 Å². The maximum atomic E-state index is 14.8. The molecule has 0 spiro atoms. The number of H-pyrrole nitrogens is 3. The zero-order chi connectivity index (χ0) is 61.4. The Morgan fingerprint density at radius 1 is 0.581 bits per heavy atom. The van der Waals surface area contributed by atoms with E-state index in [1.807, 2.05) is 0 Å². The highest BCUT2D eigenvalue weighted by Crippen LogP contribution is 2.24. The molecule has 3 aromatic heterocycles. The van der Waals surface area contributed by atoms with Crippen LogP contribution in [0.15, 0.2) is 110 Å². The quantitative estimate of drug-likeness (QED) is 0.0884. The number of phenolic OH excluding ortho intramolecular Hbond substituents is 1. The molecule has 0 unspecified atom stereocenters. The molecule has 26 heteroatoms. The van der Waals surface area contributed by atoms with Gasteiger partial charge >= 0.3 is 5.97 Å². The van der Waals surface area contributed by atoms with Crippen molar-refractivity contribution in [2.45, 2.75) is 107 Å². The third-order valence-corrected chi connectivity index (χ3v) is 14.6. The number of carbonyl (C=O) groups excluding carboxylic acids is 9. The number of aliphatic carboxylic acids is 1. The molecular formula is C60H64F2N12O12. The third-order valence-electron chi connectivity index (χ3n) is 14.6. The summed E-state index contributed by atoms with van der Waals surface area (Å²) in [5.74, 6) is -11.8. The monoisotopic (exact) mass is 1180 g/mol. The van der Waals surface area contributed by atoms with Gasteiger partial charge in [0.2, 0.25) is 47.3 Å². The molecule has 86 heavy (non-hydrogen) atoms. The Hall–Kier alpha value is -10.3. The topological polar surface area (TPSA) is 382 Å². The van der Waals surface area contributed by atoms with E-state index in [0.717, 1.165) is 0 Å². The largest absolute Gasteiger partial charge is 0.508 e. The number of primary amides is 1. The Labute approximate surface area is 489 Å². The minimum absolute atomic E-state index is 0.0400. The van der Waals surface area contributed by atoms with Crippen LogP contribution in [0, 0.1) is 17.6 Å². The number of benzene rings is 4. The number of halogens is 2. The zero-order valence-corrected chi connectivity index (χ0v) is 46.3. The summed E-state index contributed by atoms with van der Waals surface area (Å²) in [5.41, 5.74) is 9.35. The van der Waals surface area contributed by atoms with Crippen LogP contribution in [0.1, 0.15) is 72.0 Å². The molecule has 4 aromatic carbocycles. The molecule has 0 saturated heterocycles. The fourth-order valence-electron chi connectivity index (χ4n) is 10.1. The van der Waals surface area contributed by atoms with Crippen LogP contribution < -0.4 is 43.0 Å². The van der Waals surface area contributed by atoms with Crippen LogP contribution in [-0.4, -0.2) is 126 Å². The van der Waals surface area contributed by atoms with Gasteiger partial charge in [-0.25, -0.2) is 13.8 Å². The van der Waals surface area contributed by atoms with Gasteiger partial charge < -0.3 is 68.1 Å². The van der Waals surface area contributed by atoms with Gasteiger partial charge in [0, 0.05) is 103 Å². The van der Waals surface area contributed by atoms with Gasteiger partial charge in [-0.1, -0.05) is 36.4 Å². The average Bonchev–Trinajstić information content (AvgIpc) is 2.41. The second-order valence-corrected chi connectivity index (χ2v) is 21.1. The first kappa shape index (κ1) is 61.8. The highest BCUT2D eigenvalue weighted by Gasteiger charge is 2.36. The van der Waals surface area contributed by atoms with E-state index in [2.05, 4.69) is 57.2 Å². The molecule has 8 amide bonds. The summed E-state index contributed by atoms with van der Waals surface area (Å²) in [6, 6.07) is 12.1. The van der Waals surface area contributed by atoms with Crippen LogP contribution in [0.4, 0.5) is 8.78 Å². The number of imidazole rings is 1. The van der Waals surface area contributed by atoms with Crippen molar-refractivity contribution in [2.75, 3.05) is 6.54 Å². The van der Waals surface area contributed by atoms with Crippen LogP contribution in [0.2, 0.25) is 0 Å². The Bertz CT molecular complexity index is 3640. The summed E-state index contributed by atoms with van der Waals surface area (Å²) in [6.07, 6.45) is 3.06. The number of aromatic nitrogens is 4. The standard InChI is InChI=1S/C60H64F2N12O12/c61-38-10-14-44-42(22-38)36(27-65-44)19-48-58(84)73-49(20-37-28-66-45-15-11-39(62)23-43(37)45)59(85)74-50(25-55(80)81)60(86)71-46(24-40-29-64-31-69-40)51(76)21-35(17-32-8-12-41(75)13-9-32)57(83)72-47(56(63)82)18-33-4-3-5-34(16-33)26-67-52(77)6-1-2-7-53(78)68-30-54(79)70-48/h3-5,8-16,22-23,27-29,31,35,46-50,65-66,75H,1-2,6-7,17-21,24-26,30H2,(H2,63,82)(H,64,69)(H,67,77)(H,68,78)(H,70,79)(H,71,86)(H,72,83)(H,73,84)(H,74,85)(H,80,81)/t35-,46+,47+,48+,49+,50+/m1/s1. The Kier molecular flexibility index (Phi) is 20.7. The van der Waals surface area contributed by atoms with Gasteiger partial charge in [0.1, 0.15) is 41.6 Å². The lowest BCUT2D eigenvalue weighted by atomic mass is 9.89. The lowest BCUT2D eigenvalue weighted by Crippen LogP contribution is -2.59. The molecule has 4 heterocycles. The smallest absolute Gasteiger partial charge is 0.305 e. The van der Waals surface area contributed by atoms with Crippen molar-refractivity contribution >= 4 is 80.8 Å². The normalized spacial score (nSPS) is 20.7. The number of hydrogen-bond acceptors (Lipinski definition) is 12. The molecule has 0 aliphatic carbocycles. The van der Waals surface area contributed by atoms with Gasteiger partial charge in [-0.15, -0.1) is 0 Å². The first-order chi connectivity index (χ1) is 41.2. The summed E-state index contributed by atoms with van der Waals surface area (Å²) in [5, 5.41) is 39.0. The van der Waals surface area contributed by atoms with Crippen molar-refractivity contribution in [3.63, 3.8) is 0 Å². The number of nitrogens with zero attached hydrogens (tertiary/aromatic N) is 1. The fraction of sp³-hybridized carbons (Fsp3) is 0.317. The van der Waals surface area contributed by atoms with Gasteiger partial charge in [0.05, 0.1) is 25.3 Å². The Balaban J connectivity index is 1.14. The van der Waals surface area contributed by atoms with E-state index in [9.17, 15) is 66.9 Å². The lowest BCUT2D eigenvalue weighted by molar-refractivity contribution is -0.141. The molecule has 7 aromatic rings. The predicted molar refractivity (Wildman–Crippen MR) is 306 cm³/mol. The predicted octanol–water partition coefficient (Wildman–Crippen LogP) is 2.14. The van der Waals surface area contributed by atoms with E-state index in [0.29, 0.717) is 44.4 Å². The summed E-state index contributed by atoms with van der Waals surface area (Å²) >= 11 is 0. The summed E-state index contributed by atoms with van der Waals surface area (Å²) in [4.78, 5) is 151. The van der Waals surface area contributed by atoms with E-state index >= 15 is 0 Å². The van der Waals surface area contributed by atoms with E-state index in [4.69, 9.17) is 5.73 Å². The third kappa shape index (κ3) is 17.4. The lowest BCUT2D eigenvalue weighted by Gasteiger charge is -2.27. The number of carboxylic acid groups (broad SMARTS) is 1. The molecule has 1 aliphatic rings. The molecule has 2 bridgehead atoms. The van der Waals surface area contributed by atoms with Crippen molar-refractivity contribution in [1.29, 1.82) is 0 Å². The number of phenols is 1. The maximum absolute atomic E-state index is 14.8. The number of hydrogen-bond donors (Lipinski definition) is 13. The number of carboxylic acids is 1. The van der Waals surface area contributed by atoms with Crippen molar-refractivity contribution in [1.82, 2.24) is 57.2 Å². The molecule has 14 N–H and O–H groups in total. The SMILES string of the molecule is NC(=O)[C@@H]1Cc2cccc(c2)CNC(=O)CCCCC(=O)NCC(=O)N[C@@H](Cc2c[nH]c3ccc(F)cc23)C(=O)N[C@@H](Cc2c[nH]c3ccc(F)cc23)C(=O)N[C@@H](CC(=O)O)C(=O)N[C@@H](Cc2cnc[nH]2)C(=O)C[C@@H](Cc2ccc(O)cc2)C(=O)N1. The Morgan fingerprint density at radius 3 is 1.74 bits per heavy atom. The maximum Gasteiger partial charge on any atom is 0.305 e. The molecule has 8 rings (SSSR count). The minimum Gasteiger partial charge on any atom is -0.508 e. The van der Waals surface area contributed by atoms with Gasteiger partial charge in [-0.2, -0.15) is 0 Å². The van der Waals surface area contributed by atoms with E-state index in [1.54, 1.807) is 24.3 Å². The van der Waals surface area contributed by atoms with Crippen molar-refractivity contribution in [3.8, 4) is 5.75 Å². The number of aromatic amines is 3. The van der Waals surface area contributed by atoms with Crippen LogP contribution in [0.25, 0.3) is 21.8 Å². The van der Waals surface area contributed by atoms with Crippen molar-refractivity contribution in [3.05, 3.63) is 155 Å². The minimum atomic E-state index is -1.98. The average molecular weight is 1180 g/mol. The number of amides is 8. The number of ketones is 1. The zero-order valence-electron chi connectivity index (χ0n) is 46.3. The highest BCUT2D eigenvalue weighted by atomic mass is 19.1. The number of rotatable bonds is 11. The number of aromatic hydroxyl groups is 1. The van der Waals surface area contributed by atoms with Crippen molar-refractivity contribution < 1.29 is 66.9 Å². The first-order valence-electron chi connectivity index (χ1n) is 27.7. The van der Waals surface area contributed by atoms with Gasteiger partial charge in [0.25, 0.3) is 0 Å². The molecular weight excluding hydrogens is 1120 g/mol. The number of fused-ring (bicyclic) bond motifs is 4. The van der Waals surface area contributed by atoms with Crippen LogP contribution >= 0.6 is 0 Å². The molecule has 6 atom stereocenters. The van der Waals surface area contributed by atoms with E-state index in [-0.39, 0.29) is 80.5 Å². The molecule has 1 aliphatic heterocycles. The number of Topliss-reactive ketones (excluding diaryl/α,β-unsaturated/α-hetero) is 1. The van der Waals surface area contributed by atoms with Crippen molar-refractivity contribution in [2.24, 2.45) is 11.7 Å². The number of nitrogens with one attached hydrogen (secondary N) is 10. The van der Waals surface area contributed by atoms with Crippen LogP contribution in [0.5, 0.6) is 5.75 Å². The molecule has 0 radical (unpaired) electrons. The second kappa shape index (κ2) is 28.8. The molecule has 24 nitrogen and oxygen atoms in total. The summed E-state index contributed by atoms with van der Waals surface area (Å²) < 4.78 is 29.4. The molecule has 450 valence electrons. The molecule has 0 saturated carbocycles. The fourth-order valence-corrected chi connectivity index (χ4v) is 10.1.